The molecule has 0 aliphatic carbocycles. The Morgan fingerprint density at radius 1 is 1.35 bits per heavy atom. The first-order valence-corrected chi connectivity index (χ1v) is 5.86. The molecular weight excluding hydrogens is 214 g/mol. The fraction of sp³-hybridized carbons (Fsp3) is 0.500. The van der Waals surface area contributed by atoms with Gasteiger partial charge in [-0.3, -0.25) is 0 Å². The number of aryl methyl sites for hydroxylation is 1. The van der Waals surface area contributed by atoms with Gasteiger partial charge in [-0.1, -0.05) is 0 Å². The number of nitrogens with one attached hydrogen (secondary N) is 2. The lowest BCUT2D eigenvalue weighted by Crippen LogP contribution is -2.16. The van der Waals surface area contributed by atoms with E-state index in [9.17, 15) is 0 Å². The second kappa shape index (κ2) is 5.14. The van der Waals surface area contributed by atoms with E-state index in [2.05, 4.69) is 46.2 Å². The maximum absolute atomic E-state index is 4.30. The van der Waals surface area contributed by atoms with E-state index < -0.39 is 0 Å². The molecule has 0 aliphatic heterocycles. The van der Waals surface area contributed by atoms with Crippen LogP contribution in [-0.2, 0) is 0 Å². The number of hydrogen-bond donors (Lipinski definition) is 2. The Labute approximate surface area is 101 Å². The van der Waals surface area contributed by atoms with Crippen LogP contribution < -0.4 is 5.32 Å². The van der Waals surface area contributed by atoms with Crippen LogP contribution in [0.2, 0.25) is 0 Å². The van der Waals surface area contributed by atoms with Crippen molar-refractivity contribution in [3.8, 4) is 0 Å². The van der Waals surface area contributed by atoms with Gasteiger partial charge in [-0.15, -0.1) is 0 Å². The molecule has 0 aromatic carbocycles. The lowest BCUT2D eigenvalue weighted by molar-refractivity contribution is 0.405. The number of anilines is 1. The van der Waals surface area contributed by atoms with Crippen molar-refractivity contribution in [1.82, 2.24) is 19.9 Å². The highest BCUT2D eigenvalue weighted by Crippen LogP contribution is 2.21. The second-order valence-corrected chi connectivity index (χ2v) is 4.50. The van der Waals surface area contributed by atoms with Crippen LogP contribution in [-0.4, -0.2) is 47.0 Å². The van der Waals surface area contributed by atoms with Crippen LogP contribution in [0.15, 0.2) is 12.5 Å². The molecule has 0 fully saturated rings. The lowest BCUT2D eigenvalue weighted by atomic mass is 10.2. The van der Waals surface area contributed by atoms with Crippen molar-refractivity contribution in [1.29, 1.82) is 0 Å². The van der Waals surface area contributed by atoms with E-state index in [1.807, 2.05) is 6.20 Å². The lowest BCUT2D eigenvalue weighted by Gasteiger charge is -2.10. The number of rotatable bonds is 5. The van der Waals surface area contributed by atoms with Gasteiger partial charge in [0.1, 0.15) is 17.8 Å². The molecule has 0 bridgehead atoms. The van der Waals surface area contributed by atoms with E-state index in [1.54, 1.807) is 6.33 Å². The van der Waals surface area contributed by atoms with Gasteiger partial charge in [-0.2, -0.15) is 0 Å². The van der Waals surface area contributed by atoms with E-state index in [4.69, 9.17) is 0 Å². The molecular formula is C12H19N5. The number of aromatic amines is 1. The molecule has 0 radical (unpaired) electrons. The van der Waals surface area contributed by atoms with E-state index in [-0.39, 0.29) is 0 Å². The first kappa shape index (κ1) is 11.9. The molecule has 0 atom stereocenters. The van der Waals surface area contributed by atoms with Gasteiger partial charge in [0.15, 0.2) is 0 Å². The van der Waals surface area contributed by atoms with Crippen molar-refractivity contribution in [2.75, 3.05) is 32.5 Å². The van der Waals surface area contributed by atoms with Gasteiger partial charge in [0, 0.05) is 12.7 Å². The Morgan fingerprint density at radius 3 is 2.94 bits per heavy atom. The Balaban J connectivity index is 2.05. The molecule has 0 aliphatic rings. The quantitative estimate of drug-likeness (QED) is 0.771. The van der Waals surface area contributed by atoms with Crippen molar-refractivity contribution >= 4 is 16.9 Å². The van der Waals surface area contributed by atoms with Crippen LogP contribution in [0.25, 0.3) is 11.0 Å². The molecule has 2 heterocycles. The Morgan fingerprint density at radius 2 is 2.18 bits per heavy atom. The van der Waals surface area contributed by atoms with Gasteiger partial charge < -0.3 is 15.2 Å². The Hall–Kier alpha value is -1.62. The molecule has 0 saturated carbocycles. The molecule has 0 unspecified atom stereocenters. The number of hydrogen-bond acceptors (Lipinski definition) is 4. The average molecular weight is 233 g/mol. The summed E-state index contributed by atoms with van der Waals surface area (Å²) < 4.78 is 0. The molecule has 0 saturated heterocycles. The minimum atomic E-state index is 0.896. The molecule has 2 rings (SSSR count). The maximum atomic E-state index is 4.30. The third kappa shape index (κ3) is 2.74. The summed E-state index contributed by atoms with van der Waals surface area (Å²) in [6.45, 7) is 4.06. The van der Waals surface area contributed by atoms with Gasteiger partial charge in [0.2, 0.25) is 0 Å². The van der Waals surface area contributed by atoms with Crippen LogP contribution in [0.4, 0.5) is 5.82 Å². The van der Waals surface area contributed by atoms with Gasteiger partial charge in [-0.25, -0.2) is 9.97 Å². The molecule has 92 valence electrons. The van der Waals surface area contributed by atoms with E-state index in [0.717, 1.165) is 36.4 Å². The molecule has 0 amide bonds. The van der Waals surface area contributed by atoms with Crippen LogP contribution in [0.3, 0.4) is 0 Å². The smallest absolute Gasteiger partial charge is 0.143 e. The molecule has 5 heteroatoms. The summed E-state index contributed by atoms with van der Waals surface area (Å²) in [4.78, 5) is 13.8. The van der Waals surface area contributed by atoms with E-state index in [0.29, 0.717) is 0 Å². The molecule has 2 N–H and O–H groups in total. The zero-order valence-corrected chi connectivity index (χ0v) is 10.6. The van der Waals surface area contributed by atoms with Gasteiger partial charge >= 0.3 is 0 Å². The van der Waals surface area contributed by atoms with Gasteiger partial charge in [-0.05, 0) is 39.5 Å². The minimum absolute atomic E-state index is 0.896. The SMILES string of the molecule is Cc1c[nH]c2ncnc(NCCCN(C)C)c12. The predicted molar refractivity (Wildman–Crippen MR) is 70.3 cm³/mol. The molecule has 0 spiro atoms. The normalized spacial score (nSPS) is 11.3. The molecule has 2 aromatic heterocycles. The van der Waals surface area contributed by atoms with Crippen molar-refractivity contribution in [2.45, 2.75) is 13.3 Å². The van der Waals surface area contributed by atoms with Crippen LogP contribution in [0, 0.1) is 6.92 Å². The van der Waals surface area contributed by atoms with Gasteiger partial charge in [0.25, 0.3) is 0 Å². The highest BCUT2D eigenvalue weighted by atomic mass is 15.1. The highest BCUT2D eigenvalue weighted by Gasteiger charge is 2.07. The Bertz CT molecular complexity index is 489. The van der Waals surface area contributed by atoms with Crippen LogP contribution in [0.5, 0.6) is 0 Å². The van der Waals surface area contributed by atoms with Crippen molar-refractivity contribution < 1.29 is 0 Å². The first-order valence-electron chi connectivity index (χ1n) is 5.86. The van der Waals surface area contributed by atoms with E-state index >= 15 is 0 Å². The minimum Gasteiger partial charge on any atom is -0.369 e. The topological polar surface area (TPSA) is 56.8 Å². The maximum Gasteiger partial charge on any atom is 0.143 e. The number of nitrogens with zero attached hydrogens (tertiary/aromatic N) is 3. The van der Waals surface area contributed by atoms with E-state index in [1.165, 1.54) is 5.56 Å². The average Bonchev–Trinajstić information content (AvgIpc) is 2.67. The largest absolute Gasteiger partial charge is 0.369 e. The fourth-order valence-electron chi connectivity index (χ4n) is 1.85. The summed E-state index contributed by atoms with van der Waals surface area (Å²) in [5, 5.41) is 4.47. The third-order valence-electron chi connectivity index (χ3n) is 2.74. The van der Waals surface area contributed by atoms with Crippen LogP contribution in [0.1, 0.15) is 12.0 Å². The summed E-state index contributed by atoms with van der Waals surface area (Å²) in [6, 6.07) is 0. The van der Waals surface area contributed by atoms with Crippen molar-refractivity contribution in [3.63, 3.8) is 0 Å². The zero-order valence-electron chi connectivity index (χ0n) is 10.6. The second-order valence-electron chi connectivity index (χ2n) is 4.50. The van der Waals surface area contributed by atoms with Gasteiger partial charge in [0.05, 0.1) is 5.39 Å². The highest BCUT2D eigenvalue weighted by molar-refractivity contribution is 5.89. The molecule has 17 heavy (non-hydrogen) atoms. The summed E-state index contributed by atoms with van der Waals surface area (Å²) in [5.41, 5.74) is 2.07. The Kier molecular flexibility index (Phi) is 3.58. The predicted octanol–water partition coefficient (Wildman–Crippen LogP) is 1.63. The number of H-pyrrole nitrogens is 1. The standard InChI is InChI=1S/C12H19N5/c1-9-7-14-12-10(9)11(15-8-16-12)13-5-4-6-17(2)3/h7-8H,4-6H2,1-3H3,(H2,13,14,15,16). The first-order chi connectivity index (χ1) is 8.18. The summed E-state index contributed by atoms with van der Waals surface area (Å²) in [5.74, 6) is 0.924. The summed E-state index contributed by atoms with van der Waals surface area (Å²) >= 11 is 0. The monoisotopic (exact) mass is 233 g/mol. The fourth-order valence-corrected chi connectivity index (χ4v) is 1.85. The number of fused-ring (bicyclic) bond motifs is 1. The zero-order chi connectivity index (χ0) is 12.3. The van der Waals surface area contributed by atoms with Crippen molar-refractivity contribution in [3.05, 3.63) is 18.1 Å². The van der Waals surface area contributed by atoms with Crippen molar-refractivity contribution in [2.24, 2.45) is 0 Å². The summed E-state index contributed by atoms with van der Waals surface area (Å²) in [6.07, 6.45) is 4.65. The molecule has 5 nitrogen and oxygen atoms in total. The summed E-state index contributed by atoms with van der Waals surface area (Å²) in [7, 11) is 4.17. The number of aromatic nitrogens is 3. The third-order valence-corrected chi connectivity index (χ3v) is 2.74. The molecule has 2 aromatic rings. The van der Waals surface area contributed by atoms with Crippen LogP contribution >= 0.6 is 0 Å².